The van der Waals surface area contributed by atoms with Crippen LogP contribution in [0.2, 0.25) is 0 Å². The topological polar surface area (TPSA) is 46.2 Å². The van der Waals surface area contributed by atoms with E-state index in [1.807, 2.05) is 22.6 Å². The van der Waals surface area contributed by atoms with Gasteiger partial charge in [-0.25, -0.2) is 12.8 Å². The SMILES string of the molecule is Cc1cc(NS(C)(=O)=O)c(I)cc1F. The van der Waals surface area contributed by atoms with Crippen molar-refractivity contribution in [3.63, 3.8) is 0 Å². The fourth-order valence-electron chi connectivity index (χ4n) is 0.935. The molecule has 0 saturated carbocycles. The molecular formula is C8H9FINO2S. The first-order valence-electron chi connectivity index (χ1n) is 3.73. The fourth-order valence-corrected chi connectivity index (χ4v) is 2.25. The molecule has 6 heteroatoms. The minimum atomic E-state index is -3.31. The third kappa shape index (κ3) is 3.09. The predicted octanol–water partition coefficient (Wildman–Crippen LogP) is 2.11. The van der Waals surface area contributed by atoms with Gasteiger partial charge in [-0.2, -0.15) is 0 Å². The smallest absolute Gasteiger partial charge is 0.229 e. The molecule has 0 heterocycles. The maximum Gasteiger partial charge on any atom is 0.229 e. The van der Waals surface area contributed by atoms with Crippen molar-refractivity contribution < 1.29 is 12.8 Å². The van der Waals surface area contributed by atoms with Gasteiger partial charge < -0.3 is 0 Å². The summed E-state index contributed by atoms with van der Waals surface area (Å²) in [7, 11) is -3.31. The highest BCUT2D eigenvalue weighted by molar-refractivity contribution is 14.1. The molecule has 0 atom stereocenters. The van der Waals surface area contributed by atoms with Gasteiger partial charge in [0.2, 0.25) is 10.0 Å². The van der Waals surface area contributed by atoms with E-state index in [1.54, 1.807) is 6.92 Å². The standard InChI is InChI=1S/C8H9FINO2S/c1-5-3-8(11-14(2,12)13)7(10)4-6(5)9/h3-4,11H,1-2H3. The van der Waals surface area contributed by atoms with Crippen LogP contribution in [0.15, 0.2) is 12.1 Å². The van der Waals surface area contributed by atoms with Crippen molar-refractivity contribution in [1.29, 1.82) is 0 Å². The average Bonchev–Trinajstić information content (AvgIpc) is 1.97. The number of halogens is 2. The summed E-state index contributed by atoms with van der Waals surface area (Å²) in [6.45, 7) is 1.58. The van der Waals surface area contributed by atoms with Crippen molar-refractivity contribution in [1.82, 2.24) is 0 Å². The first-order chi connectivity index (χ1) is 6.29. The molecule has 1 aromatic carbocycles. The second-order valence-electron chi connectivity index (χ2n) is 2.96. The average molecular weight is 329 g/mol. The van der Waals surface area contributed by atoms with Gasteiger partial charge in [0.25, 0.3) is 0 Å². The van der Waals surface area contributed by atoms with E-state index in [0.717, 1.165) is 6.26 Å². The molecule has 0 aromatic heterocycles. The van der Waals surface area contributed by atoms with Gasteiger partial charge in [-0.15, -0.1) is 0 Å². The Kier molecular flexibility index (Phi) is 3.36. The van der Waals surface area contributed by atoms with E-state index in [9.17, 15) is 12.8 Å². The largest absolute Gasteiger partial charge is 0.283 e. The van der Waals surface area contributed by atoms with E-state index in [2.05, 4.69) is 4.72 Å². The Bertz CT molecular complexity index is 459. The number of benzene rings is 1. The van der Waals surface area contributed by atoms with Crippen LogP contribution in [0.5, 0.6) is 0 Å². The van der Waals surface area contributed by atoms with Crippen molar-refractivity contribution in [2.45, 2.75) is 6.92 Å². The number of sulfonamides is 1. The molecule has 1 N–H and O–H groups in total. The maximum absolute atomic E-state index is 13.0. The number of aryl methyl sites for hydroxylation is 1. The van der Waals surface area contributed by atoms with Crippen LogP contribution in [0.3, 0.4) is 0 Å². The predicted molar refractivity (Wildman–Crippen MR) is 62.3 cm³/mol. The van der Waals surface area contributed by atoms with Gasteiger partial charge in [0.1, 0.15) is 5.82 Å². The number of rotatable bonds is 2. The summed E-state index contributed by atoms with van der Waals surface area (Å²) in [6.07, 6.45) is 1.06. The van der Waals surface area contributed by atoms with Crippen molar-refractivity contribution in [2.75, 3.05) is 11.0 Å². The molecule has 0 amide bonds. The van der Waals surface area contributed by atoms with Crippen LogP contribution in [0, 0.1) is 16.3 Å². The fraction of sp³-hybridized carbons (Fsp3) is 0.250. The zero-order valence-electron chi connectivity index (χ0n) is 7.64. The van der Waals surface area contributed by atoms with Crippen molar-refractivity contribution in [3.05, 3.63) is 27.1 Å². The molecule has 0 aliphatic heterocycles. The zero-order chi connectivity index (χ0) is 10.9. The number of anilines is 1. The number of hydrogen-bond acceptors (Lipinski definition) is 2. The molecule has 0 radical (unpaired) electrons. The number of hydrogen-bond donors (Lipinski definition) is 1. The monoisotopic (exact) mass is 329 g/mol. The highest BCUT2D eigenvalue weighted by atomic mass is 127. The highest BCUT2D eigenvalue weighted by Crippen LogP contribution is 2.22. The molecule has 14 heavy (non-hydrogen) atoms. The van der Waals surface area contributed by atoms with Gasteiger partial charge in [0, 0.05) is 3.57 Å². The molecule has 1 aromatic rings. The lowest BCUT2D eigenvalue weighted by molar-refractivity contribution is 0.606. The van der Waals surface area contributed by atoms with Crippen LogP contribution < -0.4 is 4.72 Å². The molecule has 3 nitrogen and oxygen atoms in total. The van der Waals surface area contributed by atoms with Crippen LogP contribution >= 0.6 is 22.6 Å². The minimum Gasteiger partial charge on any atom is -0.283 e. The lowest BCUT2D eigenvalue weighted by Gasteiger charge is -2.07. The van der Waals surface area contributed by atoms with Gasteiger partial charge in [-0.3, -0.25) is 4.72 Å². The van der Waals surface area contributed by atoms with Gasteiger partial charge in [-0.05, 0) is 47.2 Å². The summed E-state index contributed by atoms with van der Waals surface area (Å²) in [5.41, 5.74) is 0.823. The number of nitrogens with one attached hydrogen (secondary N) is 1. The second-order valence-corrected chi connectivity index (χ2v) is 5.87. The minimum absolute atomic E-state index is 0.339. The van der Waals surface area contributed by atoms with E-state index >= 15 is 0 Å². The molecule has 1 rings (SSSR count). The lowest BCUT2D eigenvalue weighted by Crippen LogP contribution is -2.11. The molecule has 0 saturated heterocycles. The third-order valence-electron chi connectivity index (χ3n) is 1.54. The highest BCUT2D eigenvalue weighted by Gasteiger charge is 2.08. The Labute approximate surface area is 95.9 Å². The first-order valence-corrected chi connectivity index (χ1v) is 6.70. The van der Waals surface area contributed by atoms with Crippen molar-refractivity contribution >= 4 is 38.3 Å². The third-order valence-corrected chi connectivity index (χ3v) is 3.03. The summed E-state index contributed by atoms with van der Waals surface area (Å²) < 4.78 is 37.7. The van der Waals surface area contributed by atoms with Crippen LogP contribution in [0.1, 0.15) is 5.56 Å². The Balaban J connectivity index is 3.17. The zero-order valence-corrected chi connectivity index (χ0v) is 10.6. The molecule has 0 unspecified atom stereocenters. The van der Waals surface area contributed by atoms with Crippen LogP contribution in [0.4, 0.5) is 10.1 Å². The van der Waals surface area contributed by atoms with Crippen LogP contribution in [0.25, 0.3) is 0 Å². The van der Waals surface area contributed by atoms with E-state index in [1.165, 1.54) is 12.1 Å². The maximum atomic E-state index is 13.0. The summed E-state index contributed by atoms with van der Waals surface area (Å²) in [5.74, 6) is -0.339. The van der Waals surface area contributed by atoms with Crippen LogP contribution in [-0.4, -0.2) is 14.7 Å². The molecule has 78 valence electrons. The molecular weight excluding hydrogens is 320 g/mol. The quantitative estimate of drug-likeness (QED) is 0.845. The Hall–Kier alpha value is -0.370. The van der Waals surface area contributed by atoms with Gasteiger partial charge in [0.15, 0.2) is 0 Å². The summed E-state index contributed by atoms with van der Waals surface area (Å²) >= 11 is 1.88. The van der Waals surface area contributed by atoms with E-state index in [4.69, 9.17) is 0 Å². The second kappa shape index (κ2) is 4.01. The lowest BCUT2D eigenvalue weighted by atomic mass is 10.2. The Morgan fingerprint density at radius 3 is 2.50 bits per heavy atom. The van der Waals surface area contributed by atoms with Crippen LogP contribution in [-0.2, 0) is 10.0 Å². The van der Waals surface area contributed by atoms with E-state index in [-0.39, 0.29) is 5.82 Å². The molecule has 0 aliphatic rings. The van der Waals surface area contributed by atoms with Gasteiger partial charge in [0.05, 0.1) is 11.9 Å². The Morgan fingerprint density at radius 1 is 1.43 bits per heavy atom. The molecule has 0 bridgehead atoms. The molecule has 0 fully saturated rings. The molecule has 0 aliphatic carbocycles. The molecule has 0 spiro atoms. The first kappa shape index (κ1) is 11.7. The summed E-state index contributed by atoms with van der Waals surface area (Å²) in [5, 5.41) is 0. The van der Waals surface area contributed by atoms with E-state index < -0.39 is 10.0 Å². The van der Waals surface area contributed by atoms with Gasteiger partial charge >= 0.3 is 0 Å². The van der Waals surface area contributed by atoms with Gasteiger partial charge in [-0.1, -0.05) is 0 Å². The Morgan fingerprint density at radius 2 is 2.00 bits per heavy atom. The summed E-state index contributed by atoms with van der Waals surface area (Å²) in [4.78, 5) is 0. The normalized spacial score (nSPS) is 11.4. The van der Waals surface area contributed by atoms with Crippen molar-refractivity contribution in [2.24, 2.45) is 0 Å². The van der Waals surface area contributed by atoms with E-state index in [0.29, 0.717) is 14.8 Å². The van der Waals surface area contributed by atoms with Crippen molar-refractivity contribution in [3.8, 4) is 0 Å². The summed E-state index contributed by atoms with van der Waals surface area (Å²) in [6, 6.07) is 2.77.